The molecule has 190 valence electrons. The van der Waals surface area contributed by atoms with Crippen LogP contribution >= 0.6 is 0 Å². The second-order valence-corrected chi connectivity index (χ2v) is 9.19. The van der Waals surface area contributed by atoms with E-state index < -0.39 is 30.4 Å². The van der Waals surface area contributed by atoms with Crippen LogP contribution < -0.4 is 5.32 Å². The van der Waals surface area contributed by atoms with Gasteiger partial charge in [0.2, 0.25) is 0 Å². The van der Waals surface area contributed by atoms with Crippen molar-refractivity contribution >= 4 is 28.9 Å². The summed E-state index contributed by atoms with van der Waals surface area (Å²) in [4.78, 5) is 37.4. The quantitative estimate of drug-likeness (QED) is 0.470. The van der Waals surface area contributed by atoms with Crippen LogP contribution in [0.1, 0.15) is 55.6 Å². The second kappa shape index (κ2) is 10.6. The maximum atomic E-state index is 12.3. The summed E-state index contributed by atoms with van der Waals surface area (Å²) in [5.41, 5.74) is 1.56. The number of rotatable bonds is 7. The van der Waals surface area contributed by atoms with E-state index in [2.05, 4.69) is 20.3 Å². The van der Waals surface area contributed by atoms with Crippen LogP contribution in [-0.2, 0) is 19.0 Å². The van der Waals surface area contributed by atoms with Crippen LogP contribution in [0, 0.1) is 0 Å². The van der Waals surface area contributed by atoms with Gasteiger partial charge >= 0.3 is 11.9 Å². The Morgan fingerprint density at radius 3 is 2.67 bits per heavy atom. The van der Waals surface area contributed by atoms with Crippen LogP contribution in [0.25, 0.3) is 11.2 Å². The summed E-state index contributed by atoms with van der Waals surface area (Å²) in [5.74, 6) is -0.273. The second-order valence-electron chi connectivity index (χ2n) is 9.19. The van der Waals surface area contributed by atoms with Crippen molar-refractivity contribution < 1.29 is 28.9 Å². The summed E-state index contributed by atoms with van der Waals surface area (Å²) in [6.07, 6.45) is 4.57. The van der Waals surface area contributed by atoms with Gasteiger partial charge in [-0.25, -0.2) is 19.7 Å². The summed E-state index contributed by atoms with van der Waals surface area (Å²) >= 11 is 0. The number of fused-ring (bicyclic) bond motifs is 1. The Balaban J connectivity index is 1.32. The molecule has 11 nitrogen and oxygen atoms in total. The van der Waals surface area contributed by atoms with Gasteiger partial charge in [0, 0.05) is 19.4 Å². The van der Waals surface area contributed by atoms with Crippen molar-refractivity contribution in [3.05, 3.63) is 48.5 Å². The zero-order chi connectivity index (χ0) is 25.1. The Kier molecular flexibility index (Phi) is 7.10. The first kappa shape index (κ1) is 24.1. The molecule has 11 heteroatoms. The van der Waals surface area contributed by atoms with E-state index in [1.807, 2.05) is 6.07 Å². The van der Waals surface area contributed by atoms with Gasteiger partial charge in [-0.1, -0.05) is 18.2 Å². The molecular formula is C25H29N5O6. The van der Waals surface area contributed by atoms with Crippen molar-refractivity contribution in [2.45, 2.75) is 69.6 Å². The van der Waals surface area contributed by atoms with Gasteiger partial charge in [0.25, 0.3) is 0 Å². The minimum atomic E-state index is -0.688. The number of ether oxygens (including phenoxy) is 3. The minimum Gasteiger partial charge on any atom is -0.459 e. The Labute approximate surface area is 207 Å². The standard InChI is InChI=1S/C25H29N5O6/c1-15(31)35-20-11-19(12-34-25(33)16-5-3-2-4-6-16)36-24(20)30-14-28-21-22(26-13-27-23(21)30)29-17-7-9-18(32)10-8-17/h2-6,13-14,17-20,24,32H,7-12H2,1H3,(H,26,27,29). The zero-order valence-corrected chi connectivity index (χ0v) is 19.9. The molecular weight excluding hydrogens is 466 g/mol. The molecule has 0 radical (unpaired) electrons. The number of benzene rings is 1. The monoisotopic (exact) mass is 495 g/mol. The number of hydrogen-bond donors (Lipinski definition) is 2. The molecule has 0 amide bonds. The van der Waals surface area contributed by atoms with E-state index in [1.54, 1.807) is 35.2 Å². The highest BCUT2D eigenvalue weighted by Crippen LogP contribution is 2.34. The number of aliphatic hydroxyl groups excluding tert-OH is 1. The van der Waals surface area contributed by atoms with Gasteiger partial charge < -0.3 is 24.6 Å². The average molecular weight is 496 g/mol. The number of nitrogens with zero attached hydrogens (tertiary/aromatic N) is 4. The fourth-order valence-corrected chi connectivity index (χ4v) is 4.77. The van der Waals surface area contributed by atoms with E-state index in [4.69, 9.17) is 14.2 Å². The topological polar surface area (TPSA) is 138 Å². The van der Waals surface area contributed by atoms with Gasteiger partial charge in [-0.2, -0.15) is 0 Å². The molecule has 3 atom stereocenters. The molecule has 0 bridgehead atoms. The Morgan fingerprint density at radius 2 is 1.92 bits per heavy atom. The lowest BCUT2D eigenvalue weighted by atomic mass is 9.93. The number of hydrogen-bond acceptors (Lipinski definition) is 10. The predicted octanol–water partition coefficient (Wildman–Crippen LogP) is 2.62. The van der Waals surface area contributed by atoms with Crippen LogP contribution in [-0.4, -0.2) is 67.5 Å². The summed E-state index contributed by atoms with van der Waals surface area (Å²) < 4.78 is 18.9. The Morgan fingerprint density at radius 1 is 1.14 bits per heavy atom. The summed E-state index contributed by atoms with van der Waals surface area (Å²) in [5, 5.41) is 13.2. The summed E-state index contributed by atoms with van der Waals surface area (Å²) in [7, 11) is 0. The number of carbonyl (C=O) groups is 2. The van der Waals surface area contributed by atoms with Crippen LogP contribution in [0.3, 0.4) is 0 Å². The minimum absolute atomic E-state index is 0.0178. The van der Waals surface area contributed by atoms with Crippen LogP contribution in [0.5, 0.6) is 0 Å². The molecule has 36 heavy (non-hydrogen) atoms. The molecule has 3 aromatic rings. The normalized spacial score (nSPS) is 26.0. The molecule has 1 aliphatic heterocycles. The van der Waals surface area contributed by atoms with Crippen molar-refractivity contribution in [3.8, 4) is 0 Å². The molecule has 3 unspecified atom stereocenters. The van der Waals surface area contributed by atoms with E-state index >= 15 is 0 Å². The first-order chi connectivity index (χ1) is 17.5. The molecule has 5 rings (SSSR count). The molecule has 2 aromatic heterocycles. The Bertz CT molecular complexity index is 1210. The van der Waals surface area contributed by atoms with E-state index in [9.17, 15) is 14.7 Å². The van der Waals surface area contributed by atoms with Gasteiger partial charge in [-0.3, -0.25) is 9.36 Å². The van der Waals surface area contributed by atoms with Crippen molar-refractivity contribution in [2.24, 2.45) is 0 Å². The van der Waals surface area contributed by atoms with Gasteiger partial charge in [-0.05, 0) is 37.8 Å². The molecule has 1 saturated carbocycles. The zero-order valence-electron chi connectivity index (χ0n) is 19.9. The van der Waals surface area contributed by atoms with Crippen LogP contribution in [0.15, 0.2) is 43.0 Å². The first-order valence-corrected chi connectivity index (χ1v) is 12.1. The predicted molar refractivity (Wildman–Crippen MR) is 128 cm³/mol. The molecule has 2 fully saturated rings. The molecule has 0 spiro atoms. The SMILES string of the molecule is CC(=O)OC1CC(COC(=O)c2ccccc2)OC1n1cnc2c(NC3CCC(O)CC3)ncnc21. The fourth-order valence-electron chi connectivity index (χ4n) is 4.77. The largest absolute Gasteiger partial charge is 0.459 e. The third kappa shape index (κ3) is 5.31. The van der Waals surface area contributed by atoms with Crippen LogP contribution in [0.2, 0.25) is 0 Å². The lowest BCUT2D eigenvalue weighted by Gasteiger charge is -2.26. The first-order valence-electron chi connectivity index (χ1n) is 12.1. The third-order valence-corrected chi connectivity index (χ3v) is 6.54. The van der Waals surface area contributed by atoms with Gasteiger partial charge in [-0.15, -0.1) is 0 Å². The molecule has 2 aliphatic rings. The van der Waals surface area contributed by atoms with Crippen LogP contribution in [0.4, 0.5) is 5.82 Å². The van der Waals surface area contributed by atoms with Gasteiger partial charge in [0.1, 0.15) is 19.0 Å². The number of aromatic nitrogens is 4. The van der Waals surface area contributed by atoms with E-state index in [0.29, 0.717) is 29.0 Å². The van der Waals surface area contributed by atoms with Crippen molar-refractivity contribution in [1.82, 2.24) is 19.5 Å². The molecule has 1 aliphatic carbocycles. The number of esters is 2. The molecule has 3 heterocycles. The highest BCUT2D eigenvalue weighted by atomic mass is 16.6. The lowest BCUT2D eigenvalue weighted by Crippen LogP contribution is -2.28. The van der Waals surface area contributed by atoms with E-state index in [0.717, 1.165) is 25.7 Å². The van der Waals surface area contributed by atoms with Gasteiger partial charge in [0.05, 0.1) is 24.1 Å². The summed E-state index contributed by atoms with van der Waals surface area (Å²) in [6, 6.07) is 8.91. The smallest absolute Gasteiger partial charge is 0.338 e. The fraction of sp³-hybridized carbons (Fsp3) is 0.480. The molecule has 1 saturated heterocycles. The highest BCUT2D eigenvalue weighted by molar-refractivity contribution is 5.89. The van der Waals surface area contributed by atoms with Crippen molar-refractivity contribution in [2.75, 3.05) is 11.9 Å². The molecule has 2 N–H and O–H groups in total. The number of imidazole rings is 1. The highest BCUT2D eigenvalue weighted by Gasteiger charge is 2.40. The average Bonchev–Trinajstić information content (AvgIpc) is 3.48. The maximum absolute atomic E-state index is 12.3. The van der Waals surface area contributed by atoms with E-state index in [-0.39, 0.29) is 18.8 Å². The van der Waals surface area contributed by atoms with Gasteiger partial charge in [0.15, 0.2) is 23.2 Å². The Hall–Kier alpha value is -3.57. The number of nitrogens with one attached hydrogen (secondary N) is 1. The van der Waals surface area contributed by atoms with E-state index in [1.165, 1.54) is 13.3 Å². The lowest BCUT2D eigenvalue weighted by molar-refractivity contribution is -0.152. The van der Waals surface area contributed by atoms with Crippen molar-refractivity contribution in [3.63, 3.8) is 0 Å². The summed E-state index contributed by atoms with van der Waals surface area (Å²) in [6.45, 7) is 1.36. The van der Waals surface area contributed by atoms with Crippen molar-refractivity contribution in [1.29, 1.82) is 0 Å². The number of anilines is 1. The third-order valence-electron chi connectivity index (χ3n) is 6.54. The maximum Gasteiger partial charge on any atom is 0.338 e. The number of aliphatic hydroxyl groups is 1. The number of carbonyl (C=O) groups excluding carboxylic acids is 2. The molecule has 1 aromatic carbocycles.